The largest absolute Gasteiger partial charge is 0.243 e. The maximum atomic E-state index is 12.4. The van der Waals surface area contributed by atoms with Crippen LogP contribution in [-0.2, 0) is 0 Å². The van der Waals surface area contributed by atoms with E-state index < -0.39 is 11.6 Å². The number of fused-ring (bicyclic) bond motifs is 2. The minimum Gasteiger partial charge on any atom is -0.243 e. The van der Waals surface area contributed by atoms with E-state index in [1.54, 1.807) is 0 Å². The molecule has 0 saturated heterocycles. The molecule has 0 unspecified atom stereocenters. The normalized spacial score (nSPS) is 9.96. The molecule has 0 spiro atoms. The van der Waals surface area contributed by atoms with Gasteiger partial charge in [0.1, 0.15) is 27.9 Å². The topological polar surface area (TPSA) is 77.8 Å². The predicted molar refractivity (Wildman–Crippen MR) is 74.8 cm³/mol. The lowest BCUT2D eigenvalue weighted by atomic mass is 10.3. The van der Waals surface area contributed by atoms with Crippen molar-refractivity contribution in [2.75, 3.05) is 0 Å². The second kappa shape index (κ2) is 7.34. The van der Waals surface area contributed by atoms with Crippen LogP contribution >= 0.6 is 0 Å². The molecule has 0 atom stereocenters. The Labute approximate surface area is 127 Å². The highest BCUT2D eigenvalue weighted by Crippen LogP contribution is 2.13. The molecular formula is C14H11F3N4O2. The molecule has 23 heavy (non-hydrogen) atoms. The lowest BCUT2D eigenvalue weighted by Gasteiger charge is -1.87. The first kappa shape index (κ1) is 16.4. The fraction of sp³-hybridized carbons (Fsp3) is 0.143. The fourth-order valence-corrected chi connectivity index (χ4v) is 1.54. The Kier molecular flexibility index (Phi) is 5.23. The zero-order chi connectivity index (χ0) is 16.8. The maximum Gasteiger partial charge on any atom is 0.161 e. The Morgan fingerprint density at radius 2 is 1.09 bits per heavy atom. The van der Waals surface area contributed by atoms with Crippen LogP contribution in [0.5, 0.6) is 0 Å². The van der Waals surface area contributed by atoms with E-state index >= 15 is 0 Å². The Morgan fingerprint density at radius 1 is 0.652 bits per heavy atom. The predicted octanol–water partition coefficient (Wildman–Crippen LogP) is 3.89. The van der Waals surface area contributed by atoms with Gasteiger partial charge >= 0.3 is 0 Å². The van der Waals surface area contributed by atoms with Gasteiger partial charge in [-0.15, -0.1) is 0 Å². The fourth-order valence-electron chi connectivity index (χ4n) is 1.54. The zero-order valence-electron chi connectivity index (χ0n) is 12.1. The van der Waals surface area contributed by atoms with E-state index in [4.69, 9.17) is 0 Å². The first-order chi connectivity index (χ1) is 11.1. The number of hydrogen-bond donors (Lipinski definition) is 0. The van der Waals surface area contributed by atoms with Crippen LogP contribution in [0.25, 0.3) is 22.1 Å². The highest BCUT2D eigenvalue weighted by atomic mass is 19.2. The smallest absolute Gasteiger partial charge is 0.161 e. The van der Waals surface area contributed by atoms with Gasteiger partial charge in [-0.1, -0.05) is 13.8 Å². The van der Waals surface area contributed by atoms with Crippen molar-refractivity contribution in [2.45, 2.75) is 13.8 Å². The molecule has 4 rings (SSSR count). The zero-order valence-corrected chi connectivity index (χ0v) is 12.1. The van der Waals surface area contributed by atoms with Gasteiger partial charge in [0.25, 0.3) is 0 Å². The molecule has 2 heterocycles. The van der Waals surface area contributed by atoms with Gasteiger partial charge in [0.2, 0.25) is 0 Å². The van der Waals surface area contributed by atoms with Crippen molar-refractivity contribution >= 4 is 22.1 Å². The summed E-state index contributed by atoms with van der Waals surface area (Å²) in [4.78, 5) is 0. The first-order valence-corrected chi connectivity index (χ1v) is 6.58. The summed E-state index contributed by atoms with van der Waals surface area (Å²) < 4.78 is 45.9. The summed E-state index contributed by atoms with van der Waals surface area (Å²) in [6.45, 7) is 4.00. The summed E-state index contributed by atoms with van der Waals surface area (Å²) in [7, 11) is 0. The van der Waals surface area contributed by atoms with Gasteiger partial charge < -0.3 is 0 Å². The summed E-state index contributed by atoms with van der Waals surface area (Å²) in [6.07, 6.45) is 0. The summed E-state index contributed by atoms with van der Waals surface area (Å²) in [5, 5.41) is 13.6. The van der Waals surface area contributed by atoms with Crippen LogP contribution in [0.3, 0.4) is 0 Å². The SMILES string of the molecule is CC.Fc1cc2nonc2cc1F.Fc1ccc2nonc2c1. The molecule has 0 fully saturated rings. The third-order valence-corrected chi connectivity index (χ3v) is 2.51. The van der Waals surface area contributed by atoms with E-state index in [0.29, 0.717) is 11.0 Å². The number of halogens is 3. The quantitative estimate of drug-likeness (QED) is 0.488. The molecule has 2 aromatic heterocycles. The highest BCUT2D eigenvalue weighted by molar-refractivity contribution is 5.73. The van der Waals surface area contributed by atoms with Crippen LogP contribution in [0.2, 0.25) is 0 Å². The average molecular weight is 324 g/mol. The van der Waals surface area contributed by atoms with E-state index in [2.05, 4.69) is 29.9 Å². The van der Waals surface area contributed by atoms with E-state index in [1.807, 2.05) is 13.8 Å². The van der Waals surface area contributed by atoms with Crippen molar-refractivity contribution in [1.82, 2.24) is 20.6 Å². The van der Waals surface area contributed by atoms with Crippen molar-refractivity contribution in [3.8, 4) is 0 Å². The number of rotatable bonds is 0. The monoisotopic (exact) mass is 324 g/mol. The Balaban J connectivity index is 0.000000152. The minimum absolute atomic E-state index is 0.212. The molecule has 9 heteroatoms. The van der Waals surface area contributed by atoms with Crippen LogP contribution in [0.1, 0.15) is 13.8 Å². The van der Waals surface area contributed by atoms with E-state index in [-0.39, 0.29) is 16.9 Å². The Morgan fingerprint density at radius 3 is 1.61 bits per heavy atom. The average Bonchev–Trinajstić information content (AvgIpc) is 3.19. The molecule has 0 N–H and O–H groups in total. The molecule has 120 valence electrons. The van der Waals surface area contributed by atoms with Gasteiger partial charge in [0.05, 0.1) is 0 Å². The molecule has 0 amide bonds. The van der Waals surface area contributed by atoms with Gasteiger partial charge in [0.15, 0.2) is 11.6 Å². The van der Waals surface area contributed by atoms with Crippen molar-refractivity contribution in [1.29, 1.82) is 0 Å². The first-order valence-electron chi connectivity index (χ1n) is 6.58. The molecule has 0 radical (unpaired) electrons. The van der Waals surface area contributed by atoms with E-state index in [9.17, 15) is 13.2 Å². The van der Waals surface area contributed by atoms with Gasteiger partial charge in [-0.2, -0.15) is 0 Å². The van der Waals surface area contributed by atoms with Gasteiger partial charge in [0, 0.05) is 18.2 Å². The number of nitrogens with zero attached hydrogens (tertiary/aromatic N) is 4. The minimum atomic E-state index is -0.951. The number of hydrogen-bond acceptors (Lipinski definition) is 6. The van der Waals surface area contributed by atoms with Crippen LogP contribution in [0.15, 0.2) is 39.6 Å². The lowest BCUT2D eigenvalue weighted by molar-refractivity contribution is 0.315. The van der Waals surface area contributed by atoms with E-state index in [0.717, 1.165) is 12.1 Å². The molecule has 0 bridgehead atoms. The maximum absolute atomic E-state index is 12.4. The molecule has 4 aromatic rings. The Hall–Kier alpha value is -2.97. The van der Waals surface area contributed by atoms with Crippen molar-refractivity contribution < 1.29 is 22.4 Å². The van der Waals surface area contributed by atoms with Crippen LogP contribution < -0.4 is 0 Å². The van der Waals surface area contributed by atoms with Crippen LogP contribution in [-0.4, -0.2) is 20.6 Å². The van der Waals surface area contributed by atoms with Crippen molar-refractivity contribution in [3.63, 3.8) is 0 Å². The van der Waals surface area contributed by atoms with Gasteiger partial charge in [-0.05, 0) is 32.8 Å². The molecule has 0 aliphatic carbocycles. The second-order valence-corrected chi connectivity index (χ2v) is 3.92. The summed E-state index contributed by atoms with van der Waals surface area (Å²) in [6, 6.07) is 5.96. The highest BCUT2D eigenvalue weighted by Gasteiger charge is 2.06. The van der Waals surface area contributed by atoms with Crippen LogP contribution in [0.4, 0.5) is 13.2 Å². The number of aromatic nitrogens is 4. The molecule has 0 aliphatic heterocycles. The Bertz CT molecular complexity index is 871. The lowest BCUT2D eigenvalue weighted by Crippen LogP contribution is -1.82. The van der Waals surface area contributed by atoms with Crippen molar-refractivity contribution in [2.24, 2.45) is 0 Å². The third kappa shape index (κ3) is 3.82. The molecule has 2 aromatic carbocycles. The molecule has 0 saturated carbocycles. The summed E-state index contributed by atoms with van der Waals surface area (Å²) in [5.41, 5.74) is 1.44. The summed E-state index contributed by atoms with van der Waals surface area (Å²) >= 11 is 0. The summed E-state index contributed by atoms with van der Waals surface area (Å²) in [5.74, 6) is -2.23. The number of benzene rings is 2. The second-order valence-electron chi connectivity index (χ2n) is 3.92. The van der Waals surface area contributed by atoms with Gasteiger partial charge in [-0.25, -0.2) is 22.4 Å². The van der Waals surface area contributed by atoms with Crippen molar-refractivity contribution in [3.05, 3.63) is 47.8 Å². The molecule has 0 aliphatic rings. The molecule has 6 nitrogen and oxygen atoms in total. The third-order valence-electron chi connectivity index (χ3n) is 2.51. The standard InChI is InChI=1S/C6H2F2N2O.C6H3FN2O.C2H6/c7-3-1-5-6(2-4(3)8)10-11-9-5;7-4-1-2-5-6(3-4)9-10-8-5;1-2/h1-2H;1-3H;1-2H3. The van der Waals surface area contributed by atoms with Crippen LogP contribution in [0, 0.1) is 17.5 Å². The molecular weight excluding hydrogens is 313 g/mol. The van der Waals surface area contributed by atoms with E-state index in [1.165, 1.54) is 18.2 Å². The van der Waals surface area contributed by atoms with Gasteiger partial charge in [-0.3, -0.25) is 0 Å².